The second-order valence-electron chi connectivity index (χ2n) is 8.46. The molecule has 0 fully saturated rings. The molecule has 4 aromatic rings. The monoisotopic (exact) mass is 551 g/mol. The fraction of sp³-hybridized carbons (Fsp3) is 0.138. The molecular weight excluding hydrogens is 525 g/mol. The number of carboxylic acids is 1. The molecule has 0 heterocycles. The third-order valence-corrected chi connectivity index (χ3v) is 8.77. The van der Waals surface area contributed by atoms with Crippen LogP contribution in [0.2, 0.25) is 0 Å². The highest BCUT2D eigenvalue weighted by atomic mass is 32.2. The Bertz CT molecular complexity index is 1460. The number of benzene rings is 4. The van der Waals surface area contributed by atoms with E-state index in [1.54, 1.807) is 61.7 Å². The van der Waals surface area contributed by atoms with Crippen molar-refractivity contribution in [1.29, 1.82) is 0 Å². The van der Waals surface area contributed by atoms with Gasteiger partial charge in [0.2, 0.25) is 10.0 Å². The Morgan fingerprint density at radius 3 is 2.03 bits per heavy atom. The van der Waals surface area contributed by atoms with Crippen molar-refractivity contribution < 1.29 is 27.4 Å². The highest BCUT2D eigenvalue weighted by molar-refractivity contribution is 7.98. The lowest BCUT2D eigenvalue weighted by molar-refractivity contribution is -0.139. The Labute approximate surface area is 225 Å². The molecular formula is C29H26FNO5S2. The molecule has 38 heavy (non-hydrogen) atoms. The highest BCUT2D eigenvalue weighted by Gasteiger charge is 2.34. The van der Waals surface area contributed by atoms with Crippen molar-refractivity contribution in [2.24, 2.45) is 0 Å². The molecule has 9 heteroatoms. The summed E-state index contributed by atoms with van der Waals surface area (Å²) in [6, 6.07) is 26.9. The zero-order chi connectivity index (χ0) is 27.1. The van der Waals surface area contributed by atoms with Crippen LogP contribution in [0.3, 0.4) is 0 Å². The Balaban J connectivity index is 1.58. The summed E-state index contributed by atoms with van der Waals surface area (Å²) in [7, 11) is -2.59. The summed E-state index contributed by atoms with van der Waals surface area (Å²) in [5, 5.41) is 9.34. The Hall–Kier alpha value is -3.66. The van der Waals surface area contributed by atoms with Crippen molar-refractivity contribution in [2.45, 2.75) is 21.9 Å². The first-order valence-corrected chi connectivity index (χ1v) is 14.2. The average Bonchev–Trinajstić information content (AvgIpc) is 2.94. The summed E-state index contributed by atoms with van der Waals surface area (Å²) >= 11 is 1.27. The molecule has 0 amide bonds. The van der Waals surface area contributed by atoms with Crippen LogP contribution in [-0.4, -0.2) is 32.6 Å². The number of carboxylic acid groups (broad SMARTS) is 1. The van der Waals surface area contributed by atoms with Crippen LogP contribution in [0.1, 0.15) is 16.4 Å². The lowest BCUT2D eigenvalue weighted by Gasteiger charge is -2.25. The molecule has 0 bridgehead atoms. The van der Waals surface area contributed by atoms with E-state index in [1.165, 1.54) is 36.0 Å². The van der Waals surface area contributed by atoms with Crippen LogP contribution in [0.15, 0.2) is 108 Å². The normalized spacial score (nSPS) is 13.0. The molecule has 0 radical (unpaired) electrons. The molecule has 0 aromatic heterocycles. The van der Waals surface area contributed by atoms with Gasteiger partial charge in [-0.05, 0) is 58.7 Å². The van der Waals surface area contributed by atoms with Crippen molar-refractivity contribution in [3.63, 3.8) is 0 Å². The number of sulfonamides is 1. The van der Waals surface area contributed by atoms with Crippen molar-refractivity contribution in [3.8, 4) is 16.9 Å². The molecule has 0 saturated heterocycles. The minimum absolute atomic E-state index is 0.0450. The molecule has 2 N–H and O–H groups in total. The van der Waals surface area contributed by atoms with E-state index in [0.717, 1.165) is 16.7 Å². The fourth-order valence-corrected chi connectivity index (χ4v) is 6.46. The third-order valence-electron chi connectivity index (χ3n) is 5.91. The van der Waals surface area contributed by atoms with Gasteiger partial charge in [-0.2, -0.15) is 4.72 Å². The summed E-state index contributed by atoms with van der Waals surface area (Å²) in [6.07, 6.45) is 0. The fourth-order valence-electron chi connectivity index (χ4n) is 3.88. The first kappa shape index (κ1) is 27.4. The first-order chi connectivity index (χ1) is 18.3. The zero-order valence-electron chi connectivity index (χ0n) is 20.5. The predicted molar refractivity (Wildman–Crippen MR) is 147 cm³/mol. The zero-order valence-corrected chi connectivity index (χ0v) is 22.1. The van der Waals surface area contributed by atoms with E-state index in [1.807, 2.05) is 24.3 Å². The topological polar surface area (TPSA) is 92.7 Å². The molecule has 0 unspecified atom stereocenters. The van der Waals surface area contributed by atoms with E-state index in [4.69, 9.17) is 4.74 Å². The molecule has 4 rings (SSSR count). The average molecular weight is 552 g/mol. The number of halogens is 1. The molecule has 2 atom stereocenters. The van der Waals surface area contributed by atoms with Gasteiger partial charge in [-0.1, -0.05) is 66.7 Å². The number of ether oxygens (including phenoxy) is 1. The lowest BCUT2D eigenvalue weighted by Crippen LogP contribution is -2.44. The molecule has 0 aliphatic heterocycles. The second-order valence-corrected chi connectivity index (χ2v) is 11.3. The van der Waals surface area contributed by atoms with Crippen LogP contribution in [0.5, 0.6) is 5.75 Å². The van der Waals surface area contributed by atoms with Gasteiger partial charge in [0.25, 0.3) is 0 Å². The molecule has 0 aliphatic rings. The molecule has 4 aromatic carbocycles. The van der Waals surface area contributed by atoms with E-state index in [9.17, 15) is 22.7 Å². The maximum absolute atomic E-state index is 13.3. The SMILES string of the molecule is COc1ccc(-c2ccc(S(=O)(=O)N[C@@H](C(=O)O)[C@H](SCc3ccc(F)cc3)c3ccccc3)cc2)cc1. The maximum atomic E-state index is 13.3. The van der Waals surface area contributed by atoms with Gasteiger partial charge in [0, 0.05) is 5.75 Å². The summed E-state index contributed by atoms with van der Waals surface area (Å²) < 4.78 is 47.5. The van der Waals surface area contributed by atoms with E-state index in [0.29, 0.717) is 17.1 Å². The number of hydrogen-bond donors (Lipinski definition) is 2. The number of rotatable bonds is 11. The molecule has 0 aliphatic carbocycles. The van der Waals surface area contributed by atoms with Gasteiger partial charge < -0.3 is 9.84 Å². The van der Waals surface area contributed by atoms with Crippen LogP contribution in [0, 0.1) is 5.82 Å². The second kappa shape index (κ2) is 12.3. The maximum Gasteiger partial charge on any atom is 0.323 e. The predicted octanol–water partition coefficient (Wildman–Crippen LogP) is 5.91. The van der Waals surface area contributed by atoms with Gasteiger partial charge in [0.1, 0.15) is 17.6 Å². The molecule has 6 nitrogen and oxygen atoms in total. The van der Waals surface area contributed by atoms with Gasteiger partial charge >= 0.3 is 5.97 Å². The minimum atomic E-state index is -4.17. The van der Waals surface area contributed by atoms with Gasteiger partial charge in [-0.25, -0.2) is 12.8 Å². The number of carbonyl (C=O) groups is 1. The number of hydrogen-bond acceptors (Lipinski definition) is 5. The van der Waals surface area contributed by atoms with Crippen LogP contribution in [0.25, 0.3) is 11.1 Å². The summed E-state index contributed by atoms with van der Waals surface area (Å²) in [4.78, 5) is 12.3. The largest absolute Gasteiger partial charge is 0.497 e. The number of methoxy groups -OCH3 is 1. The van der Waals surface area contributed by atoms with Crippen LogP contribution in [0.4, 0.5) is 4.39 Å². The quantitative estimate of drug-likeness (QED) is 0.241. The minimum Gasteiger partial charge on any atom is -0.497 e. The third kappa shape index (κ3) is 6.80. The molecule has 196 valence electrons. The van der Waals surface area contributed by atoms with Crippen molar-refractivity contribution >= 4 is 27.8 Å². The smallest absolute Gasteiger partial charge is 0.323 e. The van der Waals surface area contributed by atoms with Gasteiger partial charge in [0.05, 0.1) is 17.3 Å². The highest BCUT2D eigenvalue weighted by Crippen LogP contribution is 2.36. The Kier molecular flexibility index (Phi) is 8.83. The van der Waals surface area contributed by atoms with E-state index in [2.05, 4.69) is 4.72 Å². The van der Waals surface area contributed by atoms with E-state index >= 15 is 0 Å². The van der Waals surface area contributed by atoms with E-state index < -0.39 is 27.3 Å². The molecule has 0 saturated carbocycles. The van der Waals surface area contributed by atoms with Crippen LogP contribution < -0.4 is 9.46 Å². The van der Waals surface area contributed by atoms with Crippen molar-refractivity contribution in [2.75, 3.05) is 7.11 Å². The summed E-state index contributed by atoms with van der Waals surface area (Å²) in [5.41, 5.74) is 3.13. The van der Waals surface area contributed by atoms with Crippen molar-refractivity contribution in [3.05, 3.63) is 120 Å². The molecule has 0 spiro atoms. The Morgan fingerprint density at radius 1 is 0.895 bits per heavy atom. The van der Waals surface area contributed by atoms with Crippen LogP contribution in [-0.2, 0) is 20.6 Å². The number of aliphatic carboxylic acids is 1. The summed E-state index contributed by atoms with van der Waals surface area (Å²) in [5.74, 6) is -0.597. The van der Waals surface area contributed by atoms with Crippen LogP contribution >= 0.6 is 11.8 Å². The van der Waals surface area contributed by atoms with Gasteiger partial charge in [-0.15, -0.1) is 11.8 Å². The Morgan fingerprint density at radius 2 is 1.47 bits per heavy atom. The number of thioether (sulfide) groups is 1. The van der Waals surface area contributed by atoms with Crippen molar-refractivity contribution in [1.82, 2.24) is 4.72 Å². The van der Waals surface area contributed by atoms with E-state index in [-0.39, 0.29) is 10.7 Å². The summed E-state index contributed by atoms with van der Waals surface area (Å²) in [6.45, 7) is 0. The van der Waals surface area contributed by atoms with Gasteiger partial charge in [-0.3, -0.25) is 4.79 Å². The standard InChI is InChI=1S/C29H26FNO5S2/c1-36-25-15-9-21(10-16-25)22-11-17-26(18-12-22)38(34,35)31-27(29(32)33)28(23-5-3-2-4-6-23)37-19-20-7-13-24(30)14-8-20/h2-18,27-28,31H,19H2,1H3,(H,32,33)/t27-,28-/m1/s1. The lowest BCUT2D eigenvalue weighted by atomic mass is 10.1. The van der Waals surface area contributed by atoms with Gasteiger partial charge in [0.15, 0.2) is 0 Å². The number of nitrogens with one attached hydrogen (secondary N) is 1. The first-order valence-electron chi connectivity index (χ1n) is 11.7.